The standard InChI is InChI=1S/C19H30N2O4.C3H4F2N2/c1-14-12-17(5-6-18(14)19(23)20-15(2)13-22)25-11-3-4-16-7-9-21(24)10-8-16;1-7-3(6)2(4)5/h5-6,12,15-16,22,24H,3-4,7-11,13H2,1-2H3,(H,20,23);2,6H,1H2. The average molecular weight is 457 g/mol. The number of carbonyl (C=O) groups is 1. The zero-order chi connectivity index (χ0) is 24.1. The Bertz CT molecular complexity index is 741. The van der Waals surface area contributed by atoms with Crippen molar-refractivity contribution in [3.63, 3.8) is 0 Å². The molecule has 1 amide bonds. The van der Waals surface area contributed by atoms with Gasteiger partial charge < -0.3 is 20.4 Å². The molecule has 1 fully saturated rings. The van der Waals surface area contributed by atoms with Crippen LogP contribution in [0.1, 0.15) is 48.5 Å². The van der Waals surface area contributed by atoms with E-state index < -0.39 is 12.3 Å². The molecule has 1 atom stereocenters. The van der Waals surface area contributed by atoms with Crippen LogP contribution >= 0.6 is 0 Å². The summed E-state index contributed by atoms with van der Waals surface area (Å²) in [6.45, 7) is 8.48. The first-order chi connectivity index (χ1) is 15.2. The number of aliphatic imine (C=N–C) groups is 1. The van der Waals surface area contributed by atoms with E-state index in [1.54, 1.807) is 13.0 Å². The summed E-state index contributed by atoms with van der Waals surface area (Å²) in [4.78, 5) is 14.8. The number of halogens is 2. The smallest absolute Gasteiger partial charge is 0.296 e. The average Bonchev–Trinajstić information content (AvgIpc) is 2.77. The summed E-state index contributed by atoms with van der Waals surface area (Å²) in [6, 6.07) is 5.19. The van der Waals surface area contributed by atoms with E-state index in [1.165, 1.54) is 5.06 Å². The molecule has 32 heavy (non-hydrogen) atoms. The highest BCUT2D eigenvalue weighted by Gasteiger charge is 2.17. The number of piperidine rings is 1. The second-order valence-electron chi connectivity index (χ2n) is 7.77. The van der Waals surface area contributed by atoms with Crippen LogP contribution in [-0.2, 0) is 0 Å². The Labute approximate surface area is 187 Å². The van der Waals surface area contributed by atoms with Gasteiger partial charge in [0, 0.05) is 24.7 Å². The maximum Gasteiger partial charge on any atom is 0.296 e. The second kappa shape index (κ2) is 14.6. The molecular weight excluding hydrogens is 422 g/mol. The Morgan fingerprint density at radius 3 is 2.56 bits per heavy atom. The molecule has 0 aliphatic carbocycles. The molecule has 1 saturated heterocycles. The number of amidine groups is 1. The highest BCUT2D eigenvalue weighted by molar-refractivity contribution is 5.96. The van der Waals surface area contributed by atoms with Crippen molar-refractivity contribution >= 4 is 18.5 Å². The second-order valence-corrected chi connectivity index (χ2v) is 7.77. The number of benzene rings is 1. The van der Waals surface area contributed by atoms with Crippen LogP contribution in [0.15, 0.2) is 23.2 Å². The van der Waals surface area contributed by atoms with E-state index in [-0.39, 0.29) is 18.6 Å². The number of rotatable bonds is 9. The van der Waals surface area contributed by atoms with Gasteiger partial charge in [-0.05, 0) is 75.9 Å². The van der Waals surface area contributed by atoms with Crippen molar-refractivity contribution in [1.82, 2.24) is 10.4 Å². The number of aliphatic hydroxyl groups is 1. The van der Waals surface area contributed by atoms with Crippen LogP contribution in [0.4, 0.5) is 8.78 Å². The van der Waals surface area contributed by atoms with Crippen molar-refractivity contribution < 1.29 is 28.6 Å². The van der Waals surface area contributed by atoms with Crippen molar-refractivity contribution in [2.75, 3.05) is 26.3 Å². The molecule has 10 heteroatoms. The maximum atomic E-state index is 12.1. The fourth-order valence-electron chi connectivity index (χ4n) is 3.17. The van der Waals surface area contributed by atoms with Crippen LogP contribution in [0.5, 0.6) is 5.75 Å². The predicted molar refractivity (Wildman–Crippen MR) is 119 cm³/mol. The van der Waals surface area contributed by atoms with E-state index in [2.05, 4.69) is 17.0 Å². The third kappa shape index (κ3) is 10.3. The summed E-state index contributed by atoms with van der Waals surface area (Å²) >= 11 is 0. The Morgan fingerprint density at radius 1 is 1.41 bits per heavy atom. The lowest BCUT2D eigenvalue weighted by Gasteiger charge is -2.27. The van der Waals surface area contributed by atoms with Crippen molar-refractivity contribution in [2.45, 2.75) is 52.0 Å². The molecule has 1 aromatic carbocycles. The van der Waals surface area contributed by atoms with Gasteiger partial charge in [0.05, 0.1) is 13.2 Å². The Balaban J connectivity index is 0.000000633. The zero-order valence-corrected chi connectivity index (χ0v) is 18.7. The van der Waals surface area contributed by atoms with Crippen LogP contribution in [0.25, 0.3) is 0 Å². The number of alkyl halides is 2. The molecule has 2 rings (SSSR count). The molecule has 0 aromatic heterocycles. The number of hydroxylamine groups is 2. The maximum absolute atomic E-state index is 12.1. The number of hydrogen-bond donors (Lipinski definition) is 4. The summed E-state index contributed by atoms with van der Waals surface area (Å²) in [7, 11) is 0. The fraction of sp³-hybridized carbons (Fsp3) is 0.591. The lowest BCUT2D eigenvalue weighted by atomic mass is 9.93. The van der Waals surface area contributed by atoms with Gasteiger partial charge in [-0.3, -0.25) is 10.2 Å². The Hall–Kier alpha value is -2.43. The molecule has 0 saturated carbocycles. The number of nitrogens with one attached hydrogen (secondary N) is 2. The van der Waals surface area contributed by atoms with Crippen molar-refractivity contribution in [2.24, 2.45) is 10.9 Å². The van der Waals surface area contributed by atoms with Crippen molar-refractivity contribution in [1.29, 1.82) is 5.41 Å². The molecule has 0 bridgehead atoms. The summed E-state index contributed by atoms with van der Waals surface area (Å²) in [5.74, 6) is 0.295. The molecule has 0 spiro atoms. The predicted octanol–water partition coefficient (Wildman–Crippen LogP) is 3.30. The topological polar surface area (TPSA) is 118 Å². The first kappa shape index (κ1) is 27.6. The quantitative estimate of drug-likeness (QED) is 0.258. The van der Waals surface area contributed by atoms with Crippen LogP contribution in [0.2, 0.25) is 0 Å². The number of nitrogens with zero attached hydrogens (tertiary/aromatic N) is 2. The highest BCUT2D eigenvalue weighted by atomic mass is 19.3. The molecule has 1 aromatic rings. The van der Waals surface area contributed by atoms with Gasteiger partial charge in [0.15, 0.2) is 5.84 Å². The van der Waals surface area contributed by atoms with E-state index in [4.69, 9.17) is 15.3 Å². The van der Waals surface area contributed by atoms with E-state index >= 15 is 0 Å². The van der Waals surface area contributed by atoms with Gasteiger partial charge in [0.25, 0.3) is 12.3 Å². The van der Waals surface area contributed by atoms with Crippen molar-refractivity contribution in [3.05, 3.63) is 29.3 Å². The summed E-state index contributed by atoms with van der Waals surface area (Å²) in [6.07, 6.45) is 1.42. The third-order valence-electron chi connectivity index (χ3n) is 5.09. The number of amides is 1. The molecule has 0 radical (unpaired) electrons. The first-order valence-corrected chi connectivity index (χ1v) is 10.6. The lowest BCUT2D eigenvalue weighted by molar-refractivity contribution is -0.112. The van der Waals surface area contributed by atoms with Crippen LogP contribution in [-0.4, -0.2) is 72.6 Å². The molecule has 8 nitrogen and oxygen atoms in total. The summed E-state index contributed by atoms with van der Waals surface area (Å²) in [5, 5.41) is 28.7. The number of ether oxygens (including phenoxy) is 1. The van der Waals surface area contributed by atoms with Gasteiger partial charge in [-0.15, -0.1) is 0 Å². The van der Waals surface area contributed by atoms with Gasteiger partial charge >= 0.3 is 0 Å². The van der Waals surface area contributed by atoms with Crippen LogP contribution in [0.3, 0.4) is 0 Å². The number of aliphatic hydroxyl groups excluding tert-OH is 1. The van der Waals surface area contributed by atoms with E-state index in [1.807, 2.05) is 19.1 Å². The van der Waals surface area contributed by atoms with Crippen LogP contribution in [0, 0.1) is 18.3 Å². The lowest BCUT2D eigenvalue weighted by Crippen LogP contribution is -2.35. The minimum Gasteiger partial charge on any atom is -0.494 e. The highest BCUT2D eigenvalue weighted by Crippen LogP contribution is 2.22. The molecular formula is C22H34F2N4O4. The van der Waals surface area contributed by atoms with Crippen molar-refractivity contribution in [3.8, 4) is 5.75 Å². The monoisotopic (exact) mass is 456 g/mol. The Kier molecular flexibility index (Phi) is 12.6. The number of hydrogen-bond acceptors (Lipinski definition) is 6. The number of carbonyl (C=O) groups excluding carboxylic acids is 1. The fourth-order valence-corrected chi connectivity index (χ4v) is 3.17. The minimum atomic E-state index is -2.78. The SMILES string of the molecule is C=NC(=N)C(F)F.Cc1cc(OCCCC2CCN(O)CC2)ccc1C(=O)NC(C)CO. The van der Waals surface area contributed by atoms with E-state index in [0.29, 0.717) is 18.1 Å². The van der Waals surface area contributed by atoms with Gasteiger partial charge in [-0.2, -0.15) is 5.06 Å². The van der Waals surface area contributed by atoms with E-state index in [0.717, 1.165) is 50.1 Å². The first-order valence-electron chi connectivity index (χ1n) is 10.6. The molecule has 1 heterocycles. The normalized spacial score (nSPS) is 15.5. The van der Waals surface area contributed by atoms with Gasteiger partial charge in [-0.25, -0.2) is 13.8 Å². The van der Waals surface area contributed by atoms with Gasteiger partial charge in [-0.1, -0.05) is 0 Å². The summed E-state index contributed by atoms with van der Waals surface area (Å²) in [5.41, 5.74) is 1.46. The summed E-state index contributed by atoms with van der Waals surface area (Å²) < 4.78 is 27.9. The molecule has 180 valence electrons. The Morgan fingerprint density at radius 2 is 2.06 bits per heavy atom. The van der Waals surface area contributed by atoms with Gasteiger partial charge in [0.1, 0.15) is 5.75 Å². The molecule has 1 aliphatic rings. The molecule has 1 aliphatic heterocycles. The van der Waals surface area contributed by atoms with Gasteiger partial charge in [0.2, 0.25) is 0 Å². The largest absolute Gasteiger partial charge is 0.494 e. The minimum absolute atomic E-state index is 0.0800. The number of aryl methyl sites for hydroxylation is 1. The molecule has 4 N–H and O–H groups in total. The van der Waals surface area contributed by atoms with E-state index in [9.17, 15) is 18.8 Å². The third-order valence-corrected chi connectivity index (χ3v) is 5.09. The molecule has 1 unspecified atom stereocenters. The van der Waals surface area contributed by atoms with Crippen LogP contribution < -0.4 is 10.1 Å². The zero-order valence-electron chi connectivity index (χ0n) is 18.7.